The van der Waals surface area contributed by atoms with Crippen LogP contribution in [0.1, 0.15) is 11.1 Å². The summed E-state index contributed by atoms with van der Waals surface area (Å²) in [6.45, 7) is 0. The normalized spacial score (nSPS) is 10.4. The van der Waals surface area contributed by atoms with Crippen LogP contribution in [0.25, 0.3) is 11.1 Å². The Hall–Kier alpha value is -2.87. The molecule has 0 saturated heterocycles. The lowest BCUT2D eigenvalue weighted by molar-refractivity contribution is 0.487. The van der Waals surface area contributed by atoms with Crippen molar-refractivity contribution in [3.63, 3.8) is 0 Å². The summed E-state index contributed by atoms with van der Waals surface area (Å²) < 4.78 is 26.5. The molecule has 0 aliphatic carbocycles. The van der Waals surface area contributed by atoms with Gasteiger partial charge < -0.3 is 4.18 Å². The highest BCUT2D eigenvalue weighted by molar-refractivity contribution is 7.84. The van der Waals surface area contributed by atoms with E-state index in [2.05, 4.69) is 4.18 Å². The number of hydrogen-bond acceptors (Lipinski definition) is 5. The second-order valence-electron chi connectivity index (χ2n) is 4.03. The summed E-state index contributed by atoms with van der Waals surface area (Å²) in [6, 6.07) is 15.4. The summed E-state index contributed by atoms with van der Waals surface area (Å²) >= 11 is 0. The molecule has 0 aliphatic heterocycles. The fourth-order valence-electron chi connectivity index (χ4n) is 1.86. The first-order chi connectivity index (χ1) is 9.96. The van der Waals surface area contributed by atoms with Gasteiger partial charge in [-0.15, -0.1) is 0 Å². The molecule has 0 amide bonds. The average molecular weight is 299 g/mol. The second-order valence-corrected chi connectivity index (χ2v) is 5.18. The Kier molecular flexibility index (Phi) is 3.90. The van der Waals surface area contributed by atoms with Crippen molar-refractivity contribution < 1.29 is 12.6 Å². The van der Waals surface area contributed by atoms with Gasteiger partial charge in [0.1, 0.15) is 17.7 Å². The van der Waals surface area contributed by atoms with Crippen molar-refractivity contribution in [2.24, 2.45) is 5.14 Å². The Morgan fingerprint density at radius 3 is 2.10 bits per heavy atom. The van der Waals surface area contributed by atoms with Crippen molar-refractivity contribution in [2.75, 3.05) is 0 Å². The third-order valence-electron chi connectivity index (χ3n) is 2.68. The molecule has 104 valence electrons. The lowest BCUT2D eigenvalue weighted by atomic mass is 9.96. The smallest absolute Gasteiger partial charge is 0.370 e. The van der Waals surface area contributed by atoms with Crippen LogP contribution in [-0.4, -0.2) is 8.42 Å². The van der Waals surface area contributed by atoms with Crippen LogP contribution in [0, 0.1) is 22.7 Å². The average Bonchev–Trinajstić information content (AvgIpc) is 2.46. The lowest BCUT2D eigenvalue weighted by Crippen LogP contribution is -2.19. The van der Waals surface area contributed by atoms with Gasteiger partial charge in [-0.3, -0.25) is 0 Å². The van der Waals surface area contributed by atoms with Crippen molar-refractivity contribution in [3.05, 3.63) is 53.6 Å². The van der Waals surface area contributed by atoms with Crippen LogP contribution in [0.3, 0.4) is 0 Å². The number of benzene rings is 2. The third kappa shape index (κ3) is 3.18. The first kappa shape index (κ1) is 14.5. The van der Waals surface area contributed by atoms with E-state index in [9.17, 15) is 18.9 Å². The molecule has 0 bridgehead atoms. The van der Waals surface area contributed by atoms with Crippen LogP contribution < -0.4 is 9.32 Å². The molecular weight excluding hydrogens is 290 g/mol. The first-order valence-electron chi connectivity index (χ1n) is 5.71. The summed E-state index contributed by atoms with van der Waals surface area (Å²) in [5.41, 5.74) is 1.10. The van der Waals surface area contributed by atoms with Gasteiger partial charge in [-0.25, -0.2) is 0 Å². The van der Waals surface area contributed by atoms with Crippen molar-refractivity contribution in [1.82, 2.24) is 0 Å². The summed E-state index contributed by atoms with van der Waals surface area (Å²) in [5, 5.41) is 23.2. The highest BCUT2D eigenvalue weighted by Crippen LogP contribution is 2.31. The Bertz CT molecular complexity index is 863. The maximum absolute atomic E-state index is 11.0. The fraction of sp³-hybridized carbons (Fsp3) is 0. The topological polar surface area (TPSA) is 117 Å². The fourth-order valence-corrected chi connectivity index (χ4v) is 2.25. The molecular formula is C14H9N3O3S. The quantitative estimate of drug-likeness (QED) is 0.925. The van der Waals surface area contributed by atoms with E-state index in [4.69, 9.17) is 5.14 Å². The van der Waals surface area contributed by atoms with Gasteiger partial charge in [-0.1, -0.05) is 30.3 Å². The van der Waals surface area contributed by atoms with E-state index in [1.54, 1.807) is 30.3 Å². The molecule has 7 heteroatoms. The number of nitriles is 2. The maximum atomic E-state index is 11.0. The van der Waals surface area contributed by atoms with Gasteiger partial charge in [-0.2, -0.15) is 24.1 Å². The number of rotatable bonds is 3. The molecule has 2 N–H and O–H groups in total. The predicted molar refractivity (Wildman–Crippen MR) is 75.0 cm³/mol. The molecule has 6 nitrogen and oxygen atoms in total. The Morgan fingerprint density at radius 1 is 0.952 bits per heavy atom. The molecule has 0 aliphatic rings. The van der Waals surface area contributed by atoms with Gasteiger partial charge in [0.2, 0.25) is 0 Å². The zero-order valence-corrected chi connectivity index (χ0v) is 11.5. The largest absolute Gasteiger partial charge is 0.380 e. The molecule has 0 heterocycles. The van der Waals surface area contributed by atoms with Crippen LogP contribution >= 0.6 is 0 Å². The monoisotopic (exact) mass is 299 g/mol. The van der Waals surface area contributed by atoms with Gasteiger partial charge in [-0.05, 0) is 17.7 Å². The van der Waals surface area contributed by atoms with Gasteiger partial charge in [0.25, 0.3) is 0 Å². The SMILES string of the molecule is N#Cc1c(OS(N)(=O)=O)ccc(-c2ccccc2)c1C#N. The zero-order chi connectivity index (χ0) is 15.5. The standard InChI is InChI=1S/C14H9N3O3S/c15-8-12-11(10-4-2-1-3-5-10)6-7-14(13(12)9-16)20-21(17,18)19/h1-7H,(H2,17,18,19). The van der Waals surface area contributed by atoms with Gasteiger partial charge in [0.15, 0.2) is 5.75 Å². The first-order valence-corrected chi connectivity index (χ1v) is 7.18. The second kappa shape index (κ2) is 5.63. The number of nitrogens with zero attached hydrogens (tertiary/aromatic N) is 2. The summed E-state index contributed by atoms with van der Waals surface area (Å²) in [4.78, 5) is 0. The highest BCUT2D eigenvalue weighted by Gasteiger charge is 2.18. The van der Waals surface area contributed by atoms with Crippen molar-refractivity contribution >= 4 is 10.3 Å². The van der Waals surface area contributed by atoms with E-state index in [-0.39, 0.29) is 16.9 Å². The number of nitrogens with two attached hydrogens (primary N) is 1. The van der Waals surface area contributed by atoms with E-state index >= 15 is 0 Å². The molecule has 0 saturated carbocycles. The predicted octanol–water partition coefficient (Wildman–Crippen LogP) is 1.68. The van der Waals surface area contributed by atoms with Gasteiger partial charge in [0.05, 0.1) is 5.56 Å². The van der Waals surface area contributed by atoms with E-state index in [0.29, 0.717) is 5.56 Å². The molecule has 0 fully saturated rings. The minimum absolute atomic E-state index is 0.0323. The molecule has 0 unspecified atom stereocenters. The number of hydrogen-bond donors (Lipinski definition) is 1. The van der Waals surface area contributed by atoms with Crippen LogP contribution in [-0.2, 0) is 10.3 Å². The molecule has 0 radical (unpaired) electrons. The third-order valence-corrected chi connectivity index (χ3v) is 3.09. The van der Waals surface area contributed by atoms with Gasteiger partial charge in [0, 0.05) is 5.56 Å². The zero-order valence-electron chi connectivity index (χ0n) is 10.6. The summed E-state index contributed by atoms with van der Waals surface area (Å²) in [6.07, 6.45) is 0. The van der Waals surface area contributed by atoms with E-state index < -0.39 is 10.3 Å². The van der Waals surface area contributed by atoms with Crippen LogP contribution in [0.15, 0.2) is 42.5 Å². The van der Waals surface area contributed by atoms with Gasteiger partial charge >= 0.3 is 10.3 Å². The van der Waals surface area contributed by atoms with Crippen molar-refractivity contribution in [3.8, 4) is 29.0 Å². The lowest BCUT2D eigenvalue weighted by Gasteiger charge is -2.10. The molecule has 2 aromatic carbocycles. The van der Waals surface area contributed by atoms with E-state index in [1.807, 2.05) is 12.1 Å². The molecule has 21 heavy (non-hydrogen) atoms. The molecule has 0 spiro atoms. The minimum Gasteiger partial charge on any atom is -0.370 e. The Morgan fingerprint density at radius 2 is 1.57 bits per heavy atom. The summed E-state index contributed by atoms with van der Waals surface area (Å²) in [5.74, 6) is -0.267. The molecule has 0 aromatic heterocycles. The maximum Gasteiger partial charge on any atom is 0.380 e. The summed E-state index contributed by atoms with van der Waals surface area (Å²) in [7, 11) is -4.27. The highest BCUT2D eigenvalue weighted by atomic mass is 32.2. The van der Waals surface area contributed by atoms with E-state index in [0.717, 1.165) is 5.56 Å². The van der Waals surface area contributed by atoms with Crippen LogP contribution in [0.2, 0.25) is 0 Å². The van der Waals surface area contributed by atoms with E-state index in [1.165, 1.54) is 12.1 Å². The molecule has 2 aromatic rings. The Labute approximate surface area is 121 Å². The minimum atomic E-state index is -4.27. The van der Waals surface area contributed by atoms with Crippen LogP contribution in [0.4, 0.5) is 0 Å². The molecule has 2 rings (SSSR count). The van der Waals surface area contributed by atoms with Crippen molar-refractivity contribution in [2.45, 2.75) is 0 Å². The Balaban J connectivity index is 2.68. The molecule has 0 atom stereocenters. The van der Waals surface area contributed by atoms with Crippen LogP contribution in [0.5, 0.6) is 5.75 Å². The van der Waals surface area contributed by atoms with Crippen molar-refractivity contribution in [1.29, 1.82) is 10.5 Å².